The topological polar surface area (TPSA) is 61.7 Å². The first-order chi connectivity index (χ1) is 12.5. The molecule has 0 atom stereocenters. The number of hydrogen-bond donors (Lipinski definition) is 1. The van der Waals surface area contributed by atoms with Crippen molar-refractivity contribution >= 4 is 38.4 Å². The maximum Gasteiger partial charge on any atom is 0.244 e. The van der Waals surface area contributed by atoms with Crippen molar-refractivity contribution in [1.82, 2.24) is 4.57 Å². The molecule has 3 aromatic rings. The Bertz CT molecular complexity index is 927. The number of halogens is 1. The Morgan fingerprint density at radius 1 is 1.04 bits per heavy atom. The zero-order chi connectivity index (χ0) is 18.7. The first-order valence-electron chi connectivity index (χ1n) is 7.90. The number of methoxy groups -OCH3 is 3. The summed E-state index contributed by atoms with van der Waals surface area (Å²) in [7, 11) is 4.61. The number of aromatic nitrogens is 1. The Labute approximate surface area is 159 Å². The highest BCUT2D eigenvalue weighted by molar-refractivity contribution is 9.10. The van der Waals surface area contributed by atoms with Gasteiger partial charge in [0.15, 0.2) is 11.5 Å². The first-order valence-corrected chi connectivity index (χ1v) is 8.69. The van der Waals surface area contributed by atoms with Gasteiger partial charge in [-0.05, 0) is 24.3 Å². The molecule has 0 fully saturated rings. The van der Waals surface area contributed by atoms with Gasteiger partial charge in [0.1, 0.15) is 6.54 Å². The summed E-state index contributed by atoms with van der Waals surface area (Å²) in [6, 6.07) is 11.3. The zero-order valence-corrected chi connectivity index (χ0v) is 16.3. The van der Waals surface area contributed by atoms with Crippen LogP contribution in [0.3, 0.4) is 0 Å². The van der Waals surface area contributed by atoms with Crippen molar-refractivity contribution in [3.63, 3.8) is 0 Å². The summed E-state index contributed by atoms with van der Waals surface area (Å²) in [5.41, 5.74) is 1.57. The molecule has 0 unspecified atom stereocenters. The van der Waals surface area contributed by atoms with Crippen molar-refractivity contribution in [2.24, 2.45) is 0 Å². The average Bonchev–Trinajstić information content (AvgIpc) is 3.02. The summed E-state index contributed by atoms with van der Waals surface area (Å²) >= 11 is 3.45. The quantitative estimate of drug-likeness (QED) is 0.655. The van der Waals surface area contributed by atoms with Crippen LogP contribution in [0.15, 0.2) is 47.1 Å². The molecule has 136 valence electrons. The van der Waals surface area contributed by atoms with Crippen LogP contribution in [-0.4, -0.2) is 31.8 Å². The second kappa shape index (κ2) is 7.70. The van der Waals surface area contributed by atoms with Gasteiger partial charge in [-0.3, -0.25) is 4.79 Å². The number of hydrogen-bond acceptors (Lipinski definition) is 4. The molecule has 0 saturated heterocycles. The van der Waals surface area contributed by atoms with Gasteiger partial charge in [0.2, 0.25) is 11.7 Å². The number of benzene rings is 2. The van der Waals surface area contributed by atoms with Gasteiger partial charge in [0, 0.05) is 39.4 Å². The summed E-state index contributed by atoms with van der Waals surface area (Å²) < 4.78 is 18.8. The van der Waals surface area contributed by atoms with Crippen LogP contribution in [-0.2, 0) is 11.3 Å². The van der Waals surface area contributed by atoms with Gasteiger partial charge < -0.3 is 24.1 Å². The van der Waals surface area contributed by atoms with E-state index < -0.39 is 0 Å². The van der Waals surface area contributed by atoms with Crippen molar-refractivity contribution in [1.29, 1.82) is 0 Å². The zero-order valence-electron chi connectivity index (χ0n) is 14.7. The number of nitrogens with zero attached hydrogens (tertiary/aromatic N) is 1. The van der Waals surface area contributed by atoms with Gasteiger partial charge in [0.05, 0.1) is 21.3 Å². The predicted octanol–water partition coefficient (Wildman–Crippen LogP) is 4.07. The van der Waals surface area contributed by atoms with Crippen LogP contribution in [0.4, 0.5) is 5.69 Å². The lowest BCUT2D eigenvalue weighted by molar-refractivity contribution is -0.116. The monoisotopic (exact) mass is 418 g/mol. The third-order valence-electron chi connectivity index (χ3n) is 4.00. The fourth-order valence-electron chi connectivity index (χ4n) is 2.82. The van der Waals surface area contributed by atoms with Crippen LogP contribution < -0.4 is 19.5 Å². The van der Waals surface area contributed by atoms with E-state index in [4.69, 9.17) is 14.2 Å². The van der Waals surface area contributed by atoms with E-state index in [-0.39, 0.29) is 12.5 Å². The Morgan fingerprint density at radius 2 is 1.73 bits per heavy atom. The summed E-state index contributed by atoms with van der Waals surface area (Å²) in [5, 5.41) is 3.94. The van der Waals surface area contributed by atoms with Crippen molar-refractivity contribution in [2.75, 3.05) is 26.6 Å². The van der Waals surface area contributed by atoms with E-state index in [1.165, 1.54) is 21.3 Å². The number of carbonyl (C=O) groups excluding carboxylic acids is 1. The summed E-state index contributed by atoms with van der Waals surface area (Å²) in [6.45, 7) is 0.196. The molecule has 0 spiro atoms. The Morgan fingerprint density at radius 3 is 2.35 bits per heavy atom. The van der Waals surface area contributed by atoms with Crippen molar-refractivity contribution in [3.05, 3.63) is 47.1 Å². The molecule has 2 aromatic carbocycles. The van der Waals surface area contributed by atoms with Gasteiger partial charge in [-0.15, -0.1) is 0 Å². The Balaban J connectivity index is 1.81. The molecule has 6 nitrogen and oxygen atoms in total. The molecule has 3 rings (SSSR count). The van der Waals surface area contributed by atoms with E-state index in [0.29, 0.717) is 22.9 Å². The van der Waals surface area contributed by atoms with Crippen LogP contribution in [0, 0.1) is 0 Å². The lowest BCUT2D eigenvalue weighted by Gasteiger charge is -2.15. The molecule has 1 amide bonds. The van der Waals surface area contributed by atoms with Crippen molar-refractivity contribution in [3.8, 4) is 17.2 Å². The number of fused-ring (bicyclic) bond motifs is 1. The lowest BCUT2D eigenvalue weighted by Crippen LogP contribution is -2.18. The fraction of sp³-hybridized carbons (Fsp3) is 0.211. The molecular weight excluding hydrogens is 400 g/mol. The molecule has 0 saturated carbocycles. The molecule has 26 heavy (non-hydrogen) atoms. The smallest absolute Gasteiger partial charge is 0.244 e. The molecule has 0 aliphatic heterocycles. The average molecular weight is 419 g/mol. The largest absolute Gasteiger partial charge is 0.493 e. The third kappa shape index (κ3) is 3.62. The SMILES string of the molecule is COc1cc(NC(=O)Cn2ccc3cc(Br)ccc32)cc(OC)c1OC. The minimum atomic E-state index is -0.153. The van der Waals surface area contributed by atoms with Gasteiger partial charge in [-0.25, -0.2) is 0 Å². The molecule has 0 bridgehead atoms. The highest BCUT2D eigenvalue weighted by Gasteiger charge is 2.15. The number of amides is 1. The van der Waals surface area contributed by atoms with Gasteiger partial charge in [0.25, 0.3) is 0 Å². The van der Waals surface area contributed by atoms with Gasteiger partial charge >= 0.3 is 0 Å². The molecule has 1 N–H and O–H groups in total. The van der Waals surface area contributed by atoms with E-state index in [9.17, 15) is 4.79 Å². The molecule has 0 aliphatic rings. The van der Waals surface area contributed by atoms with Crippen LogP contribution >= 0.6 is 15.9 Å². The van der Waals surface area contributed by atoms with Gasteiger partial charge in [-0.1, -0.05) is 15.9 Å². The lowest BCUT2D eigenvalue weighted by atomic mass is 10.2. The van der Waals surface area contributed by atoms with E-state index >= 15 is 0 Å². The van der Waals surface area contributed by atoms with Crippen LogP contribution in [0.2, 0.25) is 0 Å². The number of anilines is 1. The minimum Gasteiger partial charge on any atom is -0.493 e. The van der Waals surface area contributed by atoms with Gasteiger partial charge in [-0.2, -0.15) is 0 Å². The maximum absolute atomic E-state index is 12.5. The molecule has 7 heteroatoms. The third-order valence-corrected chi connectivity index (χ3v) is 4.49. The second-order valence-corrected chi connectivity index (χ2v) is 6.52. The highest BCUT2D eigenvalue weighted by Crippen LogP contribution is 2.39. The standard InChI is InChI=1S/C19H19BrN2O4/c1-24-16-9-14(10-17(25-2)19(16)26-3)21-18(23)11-22-7-6-12-8-13(20)4-5-15(12)22/h4-10H,11H2,1-3H3,(H,21,23). The van der Waals surface area contributed by atoms with Crippen LogP contribution in [0.1, 0.15) is 0 Å². The molecule has 1 heterocycles. The number of ether oxygens (including phenoxy) is 3. The van der Waals surface area contributed by atoms with Crippen LogP contribution in [0.25, 0.3) is 10.9 Å². The van der Waals surface area contributed by atoms with Crippen molar-refractivity contribution in [2.45, 2.75) is 6.54 Å². The number of carbonyl (C=O) groups is 1. The number of nitrogens with one attached hydrogen (secondary N) is 1. The highest BCUT2D eigenvalue weighted by atomic mass is 79.9. The molecule has 0 aliphatic carbocycles. The Kier molecular flexibility index (Phi) is 5.37. The van der Waals surface area contributed by atoms with E-state index in [2.05, 4.69) is 21.2 Å². The molecule has 1 aromatic heterocycles. The van der Waals surface area contributed by atoms with E-state index in [1.54, 1.807) is 12.1 Å². The summed E-state index contributed by atoms with van der Waals surface area (Å²) in [4.78, 5) is 12.5. The summed E-state index contributed by atoms with van der Waals surface area (Å²) in [6.07, 6.45) is 1.89. The maximum atomic E-state index is 12.5. The second-order valence-electron chi connectivity index (χ2n) is 5.61. The molecular formula is C19H19BrN2O4. The fourth-order valence-corrected chi connectivity index (χ4v) is 3.20. The van der Waals surface area contributed by atoms with Crippen molar-refractivity contribution < 1.29 is 19.0 Å². The first kappa shape index (κ1) is 18.1. The van der Waals surface area contributed by atoms with Crippen LogP contribution in [0.5, 0.6) is 17.2 Å². The van der Waals surface area contributed by atoms with E-state index in [1.807, 2.05) is 35.0 Å². The van der Waals surface area contributed by atoms with E-state index in [0.717, 1.165) is 15.4 Å². The molecule has 0 radical (unpaired) electrons. The normalized spacial score (nSPS) is 10.6. The number of rotatable bonds is 6. The minimum absolute atomic E-state index is 0.153. The predicted molar refractivity (Wildman–Crippen MR) is 104 cm³/mol. The Hall–Kier alpha value is -2.67. The summed E-state index contributed by atoms with van der Waals surface area (Å²) in [5.74, 6) is 1.30.